The van der Waals surface area contributed by atoms with E-state index in [-0.39, 0.29) is 18.1 Å². The summed E-state index contributed by atoms with van der Waals surface area (Å²) in [6.07, 6.45) is 4.45. The monoisotopic (exact) mass is 381 g/mol. The number of nitrogens with one attached hydrogen (secondary N) is 1. The average molecular weight is 381 g/mol. The van der Waals surface area contributed by atoms with E-state index in [1.165, 1.54) is 5.56 Å². The maximum Gasteiger partial charge on any atom is 0.251 e. The largest absolute Gasteiger partial charge is 0.472 e. The van der Waals surface area contributed by atoms with Crippen molar-refractivity contribution in [2.24, 2.45) is 0 Å². The fourth-order valence-electron chi connectivity index (χ4n) is 3.74. The zero-order chi connectivity index (χ0) is 19.2. The van der Waals surface area contributed by atoms with Crippen LogP contribution in [0.1, 0.15) is 35.2 Å². The molecule has 1 aromatic heterocycles. The van der Waals surface area contributed by atoms with Gasteiger partial charge in [-0.15, -0.1) is 0 Å². The normalized spacial score (nSPS) is 20.8. The SMILES string of the molecule is O=C(NC1CCN(Cc2ccccc2)CC1)c1ccnc(O[C@H]2CCOC2)c1. The Morgan fingerprint density at radius 1 is 1.18 bits per heavy atom. The van der Waals surface area contributed by atoms with E-state index >= 15 is 0 Å². The Hall–Kier alpha value is -2.44. The fourth-order valence-corrected chi connectivity index (χ4v) is 3.74. The number of rotatable bonds is 6. The van der Waals surface area contributed by atoms with Crippen LogP contribution in [0.5, 0.6) is 5.88 Å². The molecule has 148 valence electrons. The number of likely N-dealkylation sites (tertiary alicyclic amines) is 1. The first-order valence-electron chi connectivity index (χ1n) is 10.0. The molecule has 0 aliphatic carbocycles. The van der Waals surface area contributed by atoms with Crippen molar-refractivity contribution in [2.45, 2.75) is 38.0 Å². The lowest BCUT2D eigenvalue weighted by atomic mass is 10.0. The third-order valence-corrected chi connectivity index (χ3v) is 5.34. The Morgan fingerprint density at radius 2 is 2.00 bits per heavy atom. The maximum absolute atomic E-state index is 12.6. The van der Waals surface area contributed by atoms with Gasteiger partial charge in [0.25, 0.3) is 5.91 Å². The lowest BCUT2D eigenvalue weighted by Gasteiger charge is -2.32. The highest BCUT2D eigenvalue weighted by molar-refractivity contribution is 5.94. The highest BCUT2D eigenvalue weighted by Gasteiger charge is 2.22. The van der Waals surface area contributed by atoms with Crippen LogP contribution in [0.25, 0.3) is 0 Å². The molecule has 28 heavy (non-hydrogen) atoms. The van der Waals surface area contributed by atoms with Crippen LogP contribution in [0.3, 0.4) is 0 Å². The number of ether oxygens (including phenoxy) is 2. The van der Waals surface area contributed by atoms with Crippen LogP contribution in [0.4, 0.5) is 0 Å². The van der Waals surface area contributed by atoms with E-state index in [1.54, 1.807) is 18.3 Å². The summed E-state index contributed by atoms with van der Waals surface area (Å²) in [4.78, 5) is 19.3. The molecule has 0 saturated carbocycles. The van der Waals surface area contributed by atoms with Crippen LogP contribution in [-0.4, -0.2) is 54.2 Å². The number of carbonyl (C=O) groups is 1. The summed E-state index contributed by atoms with van der Waals surface area (Å²) in [6, 6.07) is 14.2. The zero-order valence-corrected chi connectivity index (χ0v) is 16.0. The number of amides is 1. The van der Waals surface area contributed by atoms with Crippen molar-refractivity contribution < 1.29 is 14.3 Å². The molecule has 2 fully saturated rings. The van der Waals surface area contributed by atoms with Crippen molar-refractivity contribution in [1.82, 2.24) is 15.2 Å². The van der Waals surface area contributed by atoms with Gasteiger partial charge in [-0.05, 0) is 24.5 Å². The second kappa shape index (κ2) is 9.17. The topological polar surface area (TPSA) is 63.7 Å². The minimum atomic E-state index is -0.0589. The van der Waals surface area contributed by atoms with Crippen molar-refractivity contribution >= 4 is 5.91 Å². The second-order valence-electron chi connectivity index (χ2n) is 7.50. The van der Waals surface area contributed by atoms with Crippen LogP contribution in [0.15, 0.2) is 48.7 Å². The number of carbonyl (C=O) groups excluding carboxylic acids is 1. The summed E-state index contributed by atoms with van der Waals surface area (Å²) >= 11 is 0. The average Bonchev–Trinajstić information content (AvgIpc) is 3.23. The summed E-state index contributed by atoms with van der Waals surface area (Å²) < 4.78 is 11.1. The Labute approximate surface area is 165 Å². The molecule has 0 unspecified atom stereocenters. The standard InChI is InChI=1S/C22H27N3O3/c26-22(18-6-10-23-21(14-18)28-20-9-13-27-16-20)24-19-7-11-25(12-8-19)15-17-4-2-1-3-5-17/h1-6,10,14,19-20H,7-9,11-13,15-16H2,(H,24,26)/t20-/m0/s1. The Morgan fingerprint density at radius 3 is 2.75 bits per heavy atom. The molecule has 2 saturated heterocycles. The van der Waals surface area contributed by atoms with Crippen LogP contribution in [0, 0.1) is 0 Å². The van der Waals surface area contributed by atoms with E-state index in [9.17, 15) is 4.79 Å². The van der Waals surface area contributed by atoms with Gasteiger partial charge < -0.3 is 14.8 Å². The highest BCUT2D eigenvalue weighted by atomic mass is 16.5. The molecule has 6 heteroatoms. The molecule has 6 nitrogen and oxygen atoms in total. The number of hydrogen-bond donors (Lipinski definition) is 1. The molecule has 1 amide bonds. The van der Waals surface area contributed by atoms with Gasteiger partial charge in [0.2, 0.25) is 5.88 Å². The number of piperidine rings is 1. The third kappa shape index (κ3) is 5.09. The van der Waals surface area contributed by atoms with Crippen molar-refractivity contribution in [1.29, 1.82) is 0 Å². The number of nitrogens with zero attached hydrogens (tertiary/aromatic N) is 2. The van der Waals surface area contributed by atoms with Gasteiger partial charge in [0.1, 0.15) is 6.10 Å². The second-order valence-corrected chi connectivity index (χ2v) is 7.50. The van der Waals surface area contributed by atoms with Crippen molar-refractivity contribution in [3.63, 3.8) is 0 Å². The lowest BCUT2D eigenvalue weighted by Crippen LogP contribution is -2.44. The van der Waals surface area contributed by atoms with Gasteiger partial charge in [0.15, 0.2) is 0 Å². The minimum absolute atomic E-state index is 0.0275. The molecule has 1 atom stereocenters. The molecule has 1 N–H and O–H groups in total. The van der Waals surface area contributed by atoms with E-state index in [1.807, 2.05) is 6.07 Å². The van der Waals surface area contributed by atoms with Gasteiger partial charge >= 0.3 is 0 Å². The molecule has 0 radical (unpaired) electrons. The number of benzene rings is 1. The van der Waals surface area contributed by atoms with E-state index in [0.29, 0.717) is 24.7 Å². The molecule has 2 aliphatic rings. The maximum atomic E-state index is 12.6. The predicted molar refractivity (Wildman–Crippen MR) is 106 cm³/mol. The molecule has 2 aliphatic heterocycles. The summed E-state index contributed by atoms with van der Waals surface area (Å²) in [5.74, 6) is 0.428. The number of aromatic nitrogens is 1. The molecule has 3 heterocycles. The fraction of sp³-hybridized carbons (Fsp3) is 0.455. The van der Waals surface area contributed by atoms with Gasteiger partial charge in [-0.25, -0.2) is 4.98 Å². The van der Waals surface area contributed by atoms with Crippen LogP contribution in [-0.2, 0) is 11.3 Å². The van der Waals surface area contributed by atoms with Crippen molar-refractivity contribution in [2.75, 3.05) is 26.3 Å². The van der Waals surface area contributed by atoms with Gasteiger partial charge in [-0.2, -0.15) is 0 Å². The number of pyridine rings is 1. The van der Waals surface area contributed by atoms with E-state index in [2.05, 4.69) is 39.5 Å². The van der Waals surface area contributed by atoms with Gasteiger partial charge in [-0.1, -0.05) is 30.3 Å². The Bertz CT molecular complexity index is 770. The molecule has 4 rings (SSSR count). The quantitative estimate of drug-likeness (QED) is 0.833. The van der Waals surface area contributed by atoms with Gasteiger partial charge in [-0.3, -0.25) is 9.69 Å². The van der Waals surface area contributed by atoms with Crippen LogP contribution >= 0.6 is 0 Å². The van der Waals surface area contributed by atoms with Crippen LogP contribution < -0.4 is 10.1 Å². The van der Waals surface area contributed by atoms with Gasteiger partial charge in [0.05, 0.1) is 13.2 Å². The Kier molecular flexibility index (Phi) is 6.19. The van der Waals surface area contributed by atoms with Crippen LogP contribution in [0.2, 0.25) is 0 Å². The molecular weight excluding hydrogens is 354 g/mol. The highest BCUT2D eigenvalue weighted by Crippen LogP contribution is 2.17. The third-order valence-electron chi connectivity index (χ3n) is 5.34. The van der Waals surface area contributed by atoms with E-state index in [0.717, 1.165) is 38.9 Å². The Balaban J connectivity index is 1.26. The molecule has 1 aromatic carbocycles. The molecule has 0 bridgehead atoms. The van der Waals surface area contributed by atoms with Crippen molar-refractivity contribution in [3.05, 3.63) is 59.8 Å². The molecular formula is C22H27N3O3. The first-order chi connectivity index (χ1) is 13.8. The summed E-state index contributed by atoms with van der Waals surface area (Å²) in [5.41, 5.74) is 1.93. The minimum Gasteiger partial charge on any atom is -0.472 e. The van der Waals surface area contributed by atoms with E-state index in [4.69, 9.17) is 9.47 Å². The molecule has 0 spiro atoms. The smallest absolute Gasteiger partial charge is 0.251 e. The summed E-state index contributed by atoms with van der Waals surface area (Å²) in [7, 11) is 0. The van der Waals surface area contributed by atoms with Gasteiger partial charge in [0, 0.05) is 49.9 Å². The first-order valence-corrected chi connectivity index (χ1v) is 10.0. The predicted octanol–water partition coefficient (Wildman–Crippen LogP) is 2.64. The number of hydrogen-bond acceptors (Lipinski definition) is 5. The first kappa shape index (κ1) is 18.9. The van der Waals surface area contributed by atoms with E-state index < -0.39 is 0 Å². The lowest BCUT2D eigenvalue weighted by molar-refractivity contribution is 0.0907. The zero-order valence-electron chi connectivity index (χ0n) is 16.0. The van der Waals surface area contributed by atoms with Crippen molar-refractivity contribution in [3.8, 4) is 5.88 Å². The molecule has 2 aromatic rings. The summed E-state index contributed by atoms with van der Waals surface area (Å²) in [6.45, 7) is 4.25. The summed E-state index contributed by atoms with van der Waals surface area (Å²) in [5, 5.41) is 3.17.